The lowest BCUT2D eigenvalue weighted by molar-refractivity contribution is -0.124. The zero-order valence-corrected chi connectivity index (χ0v) is 12.4. The molecule has 2 fully saturated rings. The number of hydrogen-bond donors (Lipinski definition) is 2. The highest BCUT2D eigenvalue weighted by Gasteiger charge is 2.22. The number of hydrogen-bond acceptors (Lipinski definition) is 4. The van der Waals surface area contributed by atoms with Crippen LogP contribution in [0.25, 0.3) is 0 Å². The molecule has 0 spiro atoms. The molecule has 3 N–H and O–H groups in total. The third-order valence-corrected chi connectivity index (χ3v) is 5.16. The third-order valence-electron chi connectivity index (χ3n) is 3.99. The maximum Gasteiger partial charge on any atom is 0.223 e. The largest absolute Gasteiger partial charge is 0.378 e. The van der Waals surface area contributed by atoms with Crippen molar-refractivity contribution in [3.63, 3.8) is 0 Å². The van der Waals surface area contributed by atoms with E-state index in [1.54, 1.807) is 0 Å². The second-order valence-corrected chi connectivity index (χ2v) is 6.76. The van der Waals surface area contributed by atoms with Crippen molar-refractivity contribution in [3.8, 4) is 0 Å². The molecule has 1 saturated carbocycles. The summed E-state index contributed by atoms with van der Waals surface area (Å²) in [7, 11) is 0. The topological polar surface area (TPSA) is 64.3 Å². The fraction of sp³-hybridized carbons (Fsp3) is 0.929. The van der Waals surface area contributed by atoms with E-state index in [1.807, 2.05) is 11.8 Å². The van der Waals surface area contributed by atoms with Gasteiger partial charge in [-0.1, -0.05) is 0 Å². The van der Waals surface area contributed by atoms with Crippen LogP contribution in [-0.2, 0) is 9.53 Å². The molecular formula is C14H26N2O2S. The molecule has 1 aliphatic carbocycles. The highest BCUT2D eigenvalue weighted by atomic mass is 32.2. The number of carbonyl (C=O) groups is 1. The zero-order valence-electron chi connectivity index (χ0n) is 11.6. The molecule has 1 aliphatic heterocycles. The average molecular weight is 286 g/mol. The fourth-order valence-corrected chi connectivity index (χ4v) is 3.90. The monoisotopic (exact) mass is 286 g/mol. The highest BCUT2D eigenvalue weighted by Crippen LogP contribution is 2.23. The van der Waals surface area contributed by atoms with E-state index in [4.69, 9.17) is 10.5 Å². The van der Waals surface area contributed by atoms with Crippen LogP contribution in [0.5, 0.6) is 0 Å². The van der Waals surface area contributed by atoms with Crippen LogP contribution >= 0.6 is 11.8 Å². The van der Waals surface area contributed by atoms with Gasteiger partial charge in [-0.3, -0.25) is 4.79 Å². The molecule has 2 aliphatic rings. The third kappa shape index (κ3) is 5.32. The lowest BCUT2D eigenvalue weighted by Crippen LogP contribution is -2.33. The van der Waals surface area contributed by atoms with E-state index < -0.39 is 0 Å². The Morgan fingerprint density at radius 3 is 2.74 bits per heavy atom. The van der Waals surface area contributed by atoms with Gasteiger partial charge in [-0.25, -0.2) is 0 Å². The van der Waals surface area contributed by atoms with Crippen molar-refractivity contribution in [2.24, 2.45) is 11.7 Å². The van der Waals surface area contributed by atoms with Gasteiger partial charge in [-0.05, 0) is 44.3 Å². The quantitative estimate of drug-likeness (QED) is 0.727. The predicted octanol–water partition coefficient (Wildman–Crippen LogP) is 1.53. The lowest BCUT2D eigenvalue weighted by Gasteiger charge is -2.26. The Morgan fingerprint density at radius 1 is 1.26 bits per heavy atom. The number of nitrogens with one attached hydrogen (secondary N) is 1. The number of amides is 1. The summed E-state index contributed by atoms with van der Waals surface area (Å²) >= 11 is 1.88. The summed E-state index contributed by atoms with van der Waals surface area (Å²) in [5, 5.41) is 3.02. The van der Waals surface area contributed by atoms with Gasteiger partial charge in [0.15, 0.2) is 0 Å². The second-order valence-electron chi connectivity index (χ2n) is 5.61. The smallest absolute Gasteiger partial charge is 0.223 e. The Bertz CT molecular complexity index is 275. The Morgan fingerprint density at radius 2 is 2.05 bits per heavy atom. The maximum absolute atomic E-state index is 11.8. The first kappa shape index (κ1) is 15.1. The van der Waals surface area contributed by atoms with Gasteiger partial charge in [0, 0.05) is 30.9 Å². The summed E-state index contributed by atoms with van der Waals surface area (Å²) < 4.78 is 5.83. The van der Waals surface area contributed by atoms with Crippen LogP contribution in [0.1, 0.15) is 38.5 Å². The van der Waals surface area contributed by atoms with Crippen molar-refractivity contribution in [2.75, 3.05) is 24.7 Å². The zero-order chi connectivity index (χ0) is 13.5. The van der Waals surface area contributed by atoms with Gasteiger partial charge < -0.3 is 15.8 Å². The first-order valence-electron chi connectivity index (χ1n) is 7.48. The van der Waals surface area contributed by atoms with Crippen LogP contribution < -0.4 is 11.1 Å². The number of carbonyl (C=O) groups excluding carboxylic acids is 1. The molecular weight excluding hydrogens is 260 g/mol. The molecule has 110 valence electrons. The van der Waals surface area contributed by atoms with Crippen LogP contribution in [0.15, 0.2) is 0 Å². The summed E-state index contributed by atoms with van der Waals surface area (Å²) in [6.07, 6.45) is 6.69. The standard InChI is InChI=1S/C14H26N2O2S/c15-12-2-4-13(5-3-12)18-8-1-7-16-14(17)11-6-9-19-10-11/h11-13H,1-10,15H2,(H,16,17). The lowest BCUT2D eigenvalue weighted by atomic mass is 9.94. The molecule has 4 nitrogen and oxygen atoms in total. The Balaban J connectivity index is 1.46. The van der Waals surface area contributed by atoms with Crippen LogP contribution in [0.4, 0.5) is 0 Å². The van der Waals surface area contributed by atoms with Crippen molar-refractivity contribution in [1.29, 1.82) is 0 Å². The van der Waals surface area contributed by atoms with E-state index in [0.29, 0.717) is 12.1 Å². The molecule has 0 aromatic carbocycles. The number of rotatable bonds is 6. The molecule has 1 heterocycles. The predicted molar refractivity (Wildman–Crippen MR) is 79.2 cm³/mol. The molecule has 19 heavy (non-hydrogen) atoms. The minimum atomic E-state index is 0.230. The van der Waals surface area contributed by atoms with Gasteiger partial charge in [-0.15, -0.1) is 0 Å². The fourth-order valence-electron chi connectivity index (χ4n) is 2.67. The van der Waals surface area contributed by atoms with Crippen molar-refractivity contribution < 1.29 is 9.53 Å². The second kappa shape index (κ2) is 8.12. The van der Waals surface area contributed by atoms with Crippen molar-refractivity contribution >= 4 is 17.7 Å². The van der Waals surface area contributed by atoms with E-state index in [0.717, 1.165) is 63.2 Å². The Kier molecular flexibility index (Phi) is 6.47. The molecule has 1 amide bonds. The minimum Gasteiger partial charge on any atom is -0.378 e. The number of thioether (sulfide) groups is 1. The Labute approximate surface area is 120 Å². The summed E-state index contributed by atoms with van der Waals surface area (Å²) in [5.41, 5.74) is 5.86. The summed E-state index contributed by atoms with van der Waals surface area (Å²) in [5.74, 6) is 2.59. The highest BCUT2D eigenvalue weighted by molar-refractivity contribution is 7.99. The molecule has 0 aromatic heterocycles. The minimum absolute atomic E-state index is 0.230. The van der Waals surface area contributed by atoms with Crippen molar-refractivity contribution in [2.45, 2.75) is 50.7 Å². The van der Waals surface area contributed by atoms with Gasteiger partial charge in [0.25, 0.3) is 0 Å². The van der Waals surface area contributed by atoms with E-state index in [-0.39, 0.29) is 11.8 Å². The van der Waals surface area contributed by atoms with E-state index in [2.05, 4.69) is 5.32 Å². The number of nitrogens with two attached hydrogens (primary N) is 1. The SMILES string of the molecule is NC1CCC(OCCCNC(=O)C2CCSC2)CC1. The first-order valence-corrected chi connectivity index (χ1v) is 8.64. The van der Waals surface area contributed by atoms with Crippen LogP contribution in [0.3, 0.4) is 0 Å². The van der Waals surface area contributed by atoms with Gasteiger partial charge in [0.2, 0.25) is 5.91 Å². The van der Waals surface area contributed by atoms with Gasteiger partial charge in [-0.2, -0.15) is 11.8 Å². The van der Waals surface area contributed by atoms with Crippen LogP contribution in [0.2, 0.25) is 0 Å². The number of ether oxygens (including phenoxy) is 1. The summed E-state index contributed by atoms with van der Waals surface area (Å²) in [4.78, 5) is 11.8. The van der Waals surface area contributed by atoms with Gasteiger partial charge >= 0.3 is 0 Å². The van der Waals surface area contributed by atoms with E-state index >= 15 is 0 Å². The molecule has 0 bridgehead atoms. The van der Waals surface area contributed by atoms with E-state index in [1.165, 1.54) is 0 Å². The van der Waals surface area contributed by atoms with Gasteiger partial charge in [0.1, 0.15) is 0 Å². The molecule has 5 heteroatoms. The Hall–Kier alpha value is -0.260. The molecule has 0 radical (unpaired) electrons. The maximum atomic E-state index is 11.8. The average Bonchev–Trinajstić information content (AvgIpc) is 2.94. The molecule has 2 rings (SSSR count). The summed E-state index contributed by atoms with van der Waals surface area (Å²) in [6, 6.07) is 0.378. The van der Waals surface area contributed by atoms with Crippen molar-refractivity contribution in [3.05, 3.63) is 0 Å². The van der Waals surface area contributed by atoms with Crippen LogP contribution in [-0.4, -0.2) is 42.7 Å². The first-order chi connectivity index (χ1) is 9.25. The molecule has 1 saturated heterocycles. The van der Waals surface area contributed by atoms with Gasteiger partial charge in [0.05, 0.1) is 6.10 Å². The molecule has 1 unspecified atom stereocenters. The van der Waals surface area contributed by atoms with Crippen LogP contribution in [0, 0.1) is 5.92 Å². The van der Waals surface area contributed by atoms with E-state index in [9.17, 15) is 4.79 Å². The molecule has 1 atom stereocenters. The normalized spacial score (nSPS) is 31.3. The molecule has 0 aromatic rings. The van der Waals surface area contributed by atoms with Crippen molar-refractivity contribution in [1.82, 2.24) is 5.32 Å². The summed E-state index contributed by atoms with van der Waals surface area (Å²) in [6.45, 7) is 1.49.